The molecule has 3 unspecified atom stereocenters. The maximum atomic E-state index is 3.67. The average Bonchev–Trinajstić information content (AvgIpc) is 2.76. The predicted octanol–water partition coefficient (Wildman–Crippen LogP) is 2.46. The monoisotopic (exact) mass is 242 g/mol. The van der Waals surface area contributed by atoms with Crippen molar-refractivity contribution in [2.75, 3.05) is 20.1 Å². The maximum absolute atomic E-state index is 3.67. The van der Waals surface area contributed by atoms with Gasteiger partial charge in [0.05, 0.1) is 0 Å². The minimum atomic E-state index is 0.658. The van der Waals surface area contributed by atoms with Crippen LogP contribution >= 0.6 is 0 Å². The van der Waals surface area contributed by atoms with Crippen molar-refractivity contribution in [1.29, 1.82) is 0 Å². The lowest BCUT2D eigenvalue weighted by molar-refractivity contribution is 0.172. The van der Waals surface area contributed by atoms with Crippen LogP contribution in [0.1, 0.15) is 26.2 Å². The highest BCUT2D eigenvalue weighted by atomic mass is 15.1. The van der Waals surface area contributed by atoms with Crippen LogP contribution in [0.3, 0.4) is 0 Å². The standard InChI is InChI=1S/C16H22N2/c1-10-6-13-12-4-3-5-14-16(12)11(8-17-14)7-15(13)18(2)9-10/h4,6,11,13,15,17H,3,5,7-9H2,1-2H3. The lowest BCUT2D eigenvalue weighted by Gasteiger charge is -2.45. The normalized spacial score (nSPS) is 38.7. The third kappa shape index (κ3) is 1.38. The number of nitrogens with one attached hydrogen (secondary N) is 1. The van der Waals surface area contributed by atoms with Gasteiger partial charge in [-0.3, -0.25) is 4.90 Å². The summed E-state index contributed by atoms with van der Waals surface area (Å²) in [7, 11) is 2.30. The molecule has 3 atom stereocenters. The second-order valence-electron chi connectivity index (χ2n) is 6.43. The molecule has 1 fully saturated rings. The molecule has 1 saturated carbocycles. The van der Waals surface area contributed by atoms with Crippen molar-refractivity contribution in [2.24, 2.45) is 11.8 Å². The number of hydrogen-bond acceptors (Lipinski definition) is 2. The van der Waals surface area contributed by atoms with Gasteiger partial charge < -0.3 is 5.32 Å². The molecule has 2 nitrogen and oxygen atoms in total. The Balaban J connectivity index is 1.81. The lowest BCUT2D eigenvalue weighted by Crippen LogP contribution is -2.47. The van der Waals surface area contributed by atoms with Gasteiger partial charge in [-0.25, -0.2) is 0 Å². The Morgan fingerprint density at radius 1 is 1.39 bits per heavy atom. The van der Waals surface area contributed by atoms with Crippen molar-refractivity contribution in [2.45, 2.75) is 32.2 Å². The van der Waals surface area contributed by atoms with E-state index in [9.17, 15) is 0 Å². The van der Waals surface area contributed by atoms with E-state index in [0.717, 1.165) is 18.5 Å². The molecule has 2 aliphatic heterocycles. The fraction of sp³-hybridized carbons (Fsp3) is 0.625. The fourth-order valence-corrected chi connectivity index (χ4v) is 4.49. The van der Waals surface area contributed by atoms with Gasteiger partial charge in [-0.15, -0.1) is 0 Å². The number of likely N-dealkylation sites (N-methyl/N-ethyl adjacent to an activating group) is 1. The van der Waals surface area contributed by atoms with Crippen LogP contribution in [0, 0.1) is 11.8 Å². The topological polar surface area (TPSA) is 15.3 Å². The van der Waals surface area contributed by atoms with Gasteiger partial charge in [0, 0.05) is 36.7 Å². The quantitative estimate of drug-likeness (QED) is 0.656. The first kappa shape index (κ1) is 10.9. The van der Waals surface area contributed by atoms with Gasteiger partial charge in [-0.1, -0.05) is 17.7 Å². The van der Waals surface area contributed by atoms with Crippen molar-refractivity contribution >= 4 is 0 Å². The zero-order chi connectivity index (χ0) is 12.3. The summed E-state index contributed by atoms with van der Waals surface area (Å²) < 4.78 is 0. The maximum Gasteiger partial charge on any atom is 0.0214 e. The van der Waals surface area contributed by atoms with Crippen molar-refractivity contribution in [3.05, 3.63) is 34.6 Å². The van der Waals surface area contributed by atoms with Crippen molar-refractivity contribution in [1.82, 2.24) is 10.2 Å². The van der Waals surface area contributed by atoms with Crippen LogP contribution in [0.15, 0.2) is 34.6 Å². The molecule has 0 spiro atoms. The van der Waals surface area contributed by atoms with Crippen LogP contribution in [0.2, 0.25) is 0 Å². The third-order valence-electron chi connectivity index (χ3n) is 5.19. The first-order chi connectivity index (χ1) is 8.74. The number of nitrogens with zero attached hydrogens (tertiary/aromatic N) is 1. The van der Waals surface area contributed by atoms with E-state index in [1.165, 1.54) is 31.4 Å². The molecule has 2 heterocycles. The summed E-state index contributed by atoms with van der Waals surface area (Å²) in [6, 6.07) is 0.730. The van der Waals surface area contributed by atoms with Crippen LogP contribution in [-0.2, 0) is 0 Å². The zero-order valence-corrected chi connectivity index (χ0v) is 11.4. The summed E-state index contributed by atoms with van der Waals surface area (Å²) in [5, 5.41) is 3.67. The summed E-state index contributed by atoms with van der Waals surface area (Å²) in [4.78, 5) is 2.57. The first-order valence-corrected chi connectivity index (χ1v) is 7.29. The lowest BCUT2D eigenvalue weighted by atomic mass is 9.68. The molecule has 0 aromatic rings. The summed E-state index contributed by atoms with van der Waals surface area (Å²) >= 11 is 0. The van der Waals surface area contributed by atoms with Gasteiger partial charge in [0.25, 0.3) is 0 Å². The van der Waals surface area contributed by atoms with Crippen molar-refractivity contribution in [3.63, 3.8) is 0 Å². The second kappa shape index (κ2) is 3.74. The Morgan fingerprint density at radius 2 is 2.28 bits per heavy atom. The van der Waals surface area contributed by atoms with Crippen LogP contribution < -0.4 is 5.32 Å². The van der Waals surface area contributed by atoms with E-state index in [0.29, 0.717) is 5.92 Å². The molecular weight excluding hydrogens is 220 g/mol. The highest BCUT2D eigenvalue weighted by Crippen LogP contribution is 2.48. The van der Waals surface area contributed by atoms with Gasteiger partial charge in [0.15, 0.2) is 0 Å². The third-order valence-corrected chi connectivity index (χ3v) is 5.19. The average molecular weight is 242 g/mol. The number of fused-ring (bicyclic) bond motifs is 2. The smallest absolute Gasteiger partial charge is 0.0214 e. The van der Waals surface area contributed by atoms with Crippen LogP contribution in [0.4, 0.5) is 0 Å². The number of hydrogen-bond donors (Lipinski definition) is 1. The Morgan fingerprint density at radius 3 is 3.17 bits per heavy atom. The van der Waals surface area contributed by atoms with E-state index >= 15 is 0 Å². The Labute approximate surface area is 109 Å². The van der Waals surface area contributed by atoms with Crippen molar-refractivity contribution < 1.29 is 0 Å². The largest absolute Gasteiger partial charge is 0.387 e. The molecule has 0 bridgehead atoms. The molecule has 0 radical (unpaired) electrons. The van der Waals surface area contributed by atoms with Gasteiger partial charge in [0.2, 0.25) is 0 Å². The van der Waals surface area contributed by atoms with E-state index in [4.69, 9.17) is 0 Å². The molecule has 2 aliphatic carbocycles. The zero-order valence-electron chi connectivity index (χ0n) is 11.4. The molecule has 0 aromatic heterocycles. The molecule has 4 aliphatic rings. The number of allylic oxidation sites excluding steroid dienone is 2. The van der Waals surface area contributed by atoms with Gasteiger partial charge in [-0.2, -0.15) is 0 Å². The van der Waals surface area contributed by atoms with E-state index in [-0.39, 0.29) is 0 Å². The molecule has 0 aromatic carbocycles. The summed E-state index contributed by atoms with van der Waals surface area (Å²) in [6.45, 7) is 4.62. The van der Waals surface area contributed by atoms with E-state index in [2.05, 4.69) is 36.3 Å². The molecule has 96 valence electrons. The van der Waals surface area contributed by atoms with Crippen LogP contribution in [-0.4, -0.2) is 31.1 Å². The molecule has 18 heavy (non-hydrogen) atoms. The highest BCUT2D eigenvalue weighted by molar-refractivity contribution is 5.49. The van der Waals surface area contributed by atoms with Crippen LogP contribution in [0.25, 0.3) is 0 Å². The Hall–Kier alpha value is -1.02. The molecule has 4 rings (SSSR count). The van der Waals surface area contributed by atoms with Gasteiger partial charge >= 0.3 is 0 Å². The molecule has 1 N–H and O–H groups in total. The van der Waals surface area contributed by atoms with Gasteiger partial charge in [-0.05, 0) is 44.4 Å². The van der Waals surface area contributed by atoms with Gasteiger partial charge in [0.1, 0.15) is 0 Å². The molecular formula is C16H22N2. The second-order valence-corrected chi connectivity index (χ2v) is 6.43. The fourth-order valence-electron chi connectivity index (χ4n) is 4.49. The van der Waals surface area contributed by atoms with E-state index in [1.54, 1.807) is 16.8 Å². The summed E-state index contributed by atoms with van der Waals surface area (Å²) in [5.41, 5.74) is 6.46. The predicted molar refractivity (Wildman–Crippen MR) is 74.1 cm³/mol. The molecule has 0 amide bonds. The van der Waals surface area contributed by atoms with E-state index < -0.39 is 0 Å². The molecule has 2 heteroatoms. The van der Waals surface area contributed by atoms with Crippen molar-refractivity contribution in [3.8, 4) is 0 Å². The van der Waals surface area contributed by atoms with E-state index in [1.807, 2.05) is 0 Å². The highest BCUT2D eigenvalue weighted by Gasteiger charge is 2.43. The Bertz CT molecular complexity index is 483. The minimum absolute atomic E-state index is 0.658. The summed E-state index contributed by atoms with van der Waals surface area (Å²) in [6.07, 6.45) is 8.88. The summed E-state index contributed by atoms with van der Waals surface area (Å²) in [5.74, 6) is 1.44. The van der Waals surface area contributed by atoms with Crippen LogP contribution in [0.5, 0.6) is 0 Å². The molecule has 0 saturated heterocycles. The Kier molecular flexibility index (Phi) is 2.25. The first-order valence-electron chi connectivity index (χ1n) is 7.29. The minimum Gasteiger partial charge on any atom is -0.387 e. The SMILES string of the molecule is CC1=CC2C3=CCCC4=C3C(CN4)CC2N(C)C1. The number of rotatable bonds is 0.